The first-order chi connectivity index (χ1) is 11.9. The number of aliphatic hydroxyl groups is 1. The highest BCUT2D eigenvalue weighted by Crippen LogP contribution is 2.38. The van der Waals surface area contributed by atoms with Gasteiger partial charge in [-0.25, -0.2) is 9.59 Å². The highest BCUT2D eigenvalue weighted by molar-refractivity contribution is 7.99. The highest BCUT2D eigenvalue weighted by atomic mass is 32.2. The molecule has 0 aliphatic rings. The Labute approximate surface area is 153 Å². The quantitative estimate of drug-likeness (QED) is 0.530. The van der Waals surface area contributed by atoms with Crippen molar-refractivity contribution in [2.24, 2.45) is 0 Å². The molecule has 2 unspecified atom stereocenters. The van der Waals surface area contributed by atoms with Crippen molar-refractivity contribution in [1.29, 1.82) is 0 Å². The van der Waals surface area contributed by atoms with E-state index < -0.39 is 41.6 Å². The summed E-state index contributed by atoms with van der Waals surface area (Å²) in [6.07, 6.45) is -3.89. The average Bonchev–Trinajstić information content (AvgIpc) is 2.53. The van der Waals surface area contributed by atoms with E-state index in [0.29, 0.717) is 4.90 Å². The fourth-order valence-electron chi connectivity index (χ4n) is 1.75. The molecule has 10 heteroatoms. The van der Waals surface area contributed by atoms with Crippen molar-refractivity contribution in [3.63, 3.8) is 0 Å². The van der Waals surface area contributed by atoms with Crippen LogP contribution in [0, 0.1) is 0 Å². The fourth-order valence-corrected chi connectivity index (χ4v) is 2.71. The van der Waals surface area contributed by atoms with Crippen molar-refractivity contribution in [3.05, 3.63) is 23.8 Å². The second-order valence-electron chi connectivity index (χ2n) is 5.93. The number of aliphatic carboxylic acids is 1. The Morgan fingerprint density at radius 3 is 2.42 bits per heavy atom. The lowest BCUT2D eigenvalue weighted by Gasteiger charge is -2.20. The Bertz CT molecular complexity index is 665. The molecule has 0 aromatic heterocycles. The predicted octanol–water partition coefficient (Wildman–Crippen LogP) is 3.55. The maximum Gasteiger partial charge on any atom is 0.418 e. The number of urea groups is 1. The van der Waals surface area contributed by atoms with Crippen molar-refractivity contribution in [2.75, 3.05) is 11.9 Å². The zero-order valence-electron chi connectivity index (χ0n) is 14.5. The molecule has 2 amide bonds. The van der Waals surface area contributed by atoms with Gasteiger partial charge in [-0.05, 0) is 31.5 Å². The van der Waals surface area contributed by atoms with E-state index in [-0.39, 0.29) is 5.25 Å². The third-order valence-corrected chi connectivity index (χ3v) is 4.77. The van der Waals surface area contributed by atoms with Crippen LogP contribution in [0.4, 0.5) is 23.7 Å². The van der Waals surface area contributed by atoms with Crippen molar-refractivity contribution < 1.29 is 33.0 Å². The molecular weight excluding hydrogens is 373 g/mol. The Morgan fingerprint density at radius 1 is 1.31 bits per heavy atom. The number of thioether (sulfide) groups is 1. The average molecular weight is 394 g/mol. The van der Waals surface area contributed by atoms with Gasteiger partial charge in [-0.2, -0.15) is 13.2 Å². The number of hydrogen-bond donors (Lipinski definition) is 4. The van der Waals surface area contributed by atoms with Crippen LogP contribution >= 0.6 is 11.8 Å². The van der Waals surface area contributed by atoms with E-state index in [4.69, 9.17) is 5.11 Å². The summed E-state index contributed by atoms with van der Waals surface area (Å²) in [5.41, 5.74) is -3.70. The SMILES string of the molecule is CCC(C)Sc1ccc(NC(=O)NCC(C)(O)C(=O)O)c(C(F)(F)F)c1. The smallest absolute Gasteiger partial charge is 0.418 e. The van der Waals surface area contributed by atoms with Crippen molar-refractivity contribution >= 4 is 29.4 Å². The molecule has 0 saturated carbocycles. The molecule has 0 saturated heterocycles. The first-order valence-corrected chi connectivity index (χ1v) is 8.63. The minimum absolute atomic E-state index is 0.136. The maximum atomic E-state index is 13.3. The van der Waals surface area contributed by atoms with E-state index in [9.17, 15) is 27.9 Å². The number of carbonyl (C=O) groups excluding carboxylic acids is 1. The van der Waals surface area contributed by atoms with Gasteiger partial charge in [0.25, 0.3) is 0 Å². The summed E-state index contributed by atoms with van der Waals surface area (Å²) in [7, 11) is 0. The molecule has 6 nitrogen and oxygen atoms in total. The molecule has 0 radical (unpaired) electrons. The van der Waals surface area contributed by atoms with Gasteiger partial charge in [0.2, 0.25) is 0 Å². The number of hydrogen-bond acceptors (Lipinski definition) is 4. The Balaban J connectivity index is 2.94. The Kier molecular flexibility index (Phi) is 7.34. The largest absolute Gasteiger partial charge is 0.479 e. The van der Waals surface area contributed by atoms with Crippen LogP contribution in [0.2, 0.25) is 0 Å². The summed E-state index contributed by atoms with van der Waals surface area (Å²) in [4.78, 5) is 22.9. The molecule has 146 valence electrons. The van der Waals surface area contributed by atoms with Crippen LogP contribution in [-0.4, -0.2) is 39.6 Å². The minimum atomic E-state index is -4.68. The van der Waals surface area contributed by atoms with Gasteiger partial charge >= 0.3 is 18.2 Å². The molecule has 1 aromatic rings. The molecule has 1 rings (SSSR count). The van der Waals surface area contributed by atoms with E-state index in [2.05, 4.69) is 0 Å². The number of carbonyl (C=O) groups is 2. The van der Waals surface area contributed by atoms with Gasteiger partial charge in [0, 0.05) is 10.1 Å². The van der Waals surface area contributed by atoms with E-state index in [1.807, 2.05) is 24.5 Å². The van der Waals surface area contributed by atoms with E-state index in [1.165, 1.54) is 17.8 Å². The van der Waals surface area contributed by atoms with Crippen molar-refractivity contribution in [1.82, 2.24) is 5.32 Å². The predicted molar refractivity (Wildman–Crippen MR) is 92.3 cm³/mol. The molecule has 26 heavy (non-hydrogen) atoms. The van der Waals surface area contributed by atoms with Gasteiger partial charge in [-0.15, -0.1) is 11.8 Å². The zero-order valence-corrected chi connectivity index (χ0v) is 15.3. The molecule has 4 N–H and O–H groups in total. The van der Waals surface area contributed by atoms with Gasteiger partial charge in [0.1, 0.15) is 0 Å². The molecular formula is C16H21F3N2O4S. The summed E-state index contributed by atoms with van der Waals surface area (Å²) in [6.45, 7) is 4.11. The Morgan fingerprint density at radius 2 is 1.92 bits per heavy atom. The number of alkyl halides is 3. The van der Waals surface area contributed by atoms with E-state index in [1.54, 1.807) is 0 Å². The molecule has 1 aromatic carbocycles. The molecule has 0 bridgehead atoms. The molecule has 0 aliphatic heterocycles. The number of nitrogens with one attached hydrogen (secondary N) is 2. The number of anilines is 1. The number of carboxylic acids is 1. The lowest BCUT2D eigenvalue weighted by molar-refractivity contribution is -0.155. The molecule has 0 fully saturated rings. The summed E-state index contributed by atoms with van der Waals surface area (Å²) in [5.74, 6) is -1.57. The lowest BCUT2D eigenvalue weighted by Crippen LogP contribution is -2.47. The molecule has 2 atom stereocenters. The van der Waals surface area contributed by atoms with Crippen LogP contribution in [-0.2, 0) is 11.0 Å². The summed E-state index contributed by atoms with van der Waals surface area (Å²) >= 11 is 1.29. The normalized spacial score (nSPS) is 15.0. The number of halogens is 3. The van der Waals surface area contributed by atoms with Crippen LogP contribution in [0.1, 0.15) is 32.8 Å². The number of rotatable bonds is 7. The third-order valence-electron chi connectivity index (χ3n) is 3.51. The monoisotopic (exact) mass is 394 g/mol. The van der Waals surface area contributed by atoms with Gasteiger partial charge in [0.15, 0.2) is 5.60 Å². The van der Waals surface area contributed by atoms with Crippen LogP contribution in [0.25, 0.3) is 0 Å². The van der Waals surface area contributed by atoms with Crippen LogP contribution in [0.5, 0.6) is 0 Å². The van der Waals surface area contributed by atoms with E-state index >= 15 is 0 Å². The summed E-state index contributed by atoms with van der Waals surface area (Å²) in [6, 6.07) is 2.51. The lowest BCUT2D eigenvalue weighted by atomic mass is 10.1. The molecule has 0 aliphatic carbocycles. The van der Waals surface area contributed by atoms with Crippen LogP contribution in [0.15, 0.2) is 23.1 Å². The van der Waals surface area contributed by atoms with Crippen molar-refractivity contribution in [2.45, 2.75) is 49.1 Å². The van der Waals surface area contributed by atoms with Gasteiger partial charge in [-0.3, -0.25) is 0 Å². The number of amides is 2. The zero-order chi connectivity index (χ0) is 20.1. The minimum Gasteiger partial charge on any atom is -0.479 e. The molecule has 0 heterocycles. The van der Waals surface area contributed by atoms with Gasteiger partial charge in [-0.1, -0.05) is 13.8 Å². The summed E-state index contributed by atoms with van der Waals surface area (Å²) in [5, 5.41) is 22.5. The number of benzene rings is 1. The second kappa shape index (κ2) is 8.63. The van der Waals surface area contributed by atoms with Crippen molar-refractivity contribution in [3.8, 4) is 0 Å². The third kappa shape index (κ3) is 6.41. The topological polar surface area (TPSA) is 98.7 Å². The summed E-state index contributed by atoms with van der Waals surface area (Å²) < 4.78 is 39.8. The Hall–Kier alpha value is -1.94. The van der Waals surface area contributed by atoms with Gasteiger partial charge in [0.05, 0.1) is 17.8 Å². The van der Waals surface area contributed by atoms with Crippen LogP contribution < -0.4 is 10.6 Å². The van der Waals surface area contributed by atoms with E-state index in [0.717, 1.165) is 25.5 Å². The molecule has 0 spiro atoms. The first kappa shape index (κ1) is 22.1. The first-order valence-electron chi connectivity index (χ1n) is 7.75. The maximum absolute atomic E-state index is 13.3. The number of carboxylic acid groups (broad SMARTS) is 1. The van der Waals surface area contributed by atoms with Crippen LogP contribution in [0.3, 0.4) is 0 Å². The highest BCUT2D eigenvalue weighted by Gasteiger charge is 2.35. The standard InChI is InChI=1S/C16H21F3N2O4S/c1-4-9(2)26-10-5-6-12(11(7-10)16(17,18)19)21-14(24)20-8-15(3,25)13(22)23/h5-7,9,25H,4,8H2,1-3H3,(H,22,23)(H2,20,21,24). The fraction of sp³-hybridized carbons (Fsp3) is 0.500. The van der Waals surface area contributed by atoms with Gasteiger partial charge < -0.3 is 20.8 Å². The second-order valence-corrected chi connectivity index (χ2v) is 7.44.